The van der Waals surface area contributed by atoms with Gasteiger partial charge in [0.1, 0.15) is 5.56 Å². The Labute approximate surface area is 110 Å². The second kappa shape index (κ2) is 5.19. The highest BCUT2D eigenvalue weighted by atomic mass is 32.2. The molecule has 2 aromatic rings. The number of nitro benzene ring substituents is 1. The van der Waals surface area contributed by atoms with Crippen molar-refractivity contribution < 1.29 is 14.8 Å². The summed E-state index contributed by atoms with van der Waals surface area (Å²) in [4.78, 5) is 21.7. The largest absolute Gasteiger partial charge is 0.477 e. The number of rotatable bonds is 4. The summed E-state index contributed by atoms with van der Waals surface area (Å²) in [7, 11) is 0. The molecule has 0 unspecified atom stereocenters. The average Bonchev–Trinajstić information content (AvgIpc) is 2.81. The SMILES string of the molecule is O=C(O)c1cccc(Sc2cccs2)c1[N+](=O)[O-]. The summed E-state index contributed by atoms with van der Waals surface area (Å²) in [5.74, 6) is -1.30. The zero-order valence-electron chi connectivity index (χ0n) is 8.90. The number of hydrogen-bond acceptors (Lipinski definition) is 5. The Kier molecular flexibility index (Phi) is 3.63. The highest BCUT2D eigenvalue weighted by Gasteiger charge is 2.24. The lowest BCUT2D eigenvalue weighted by Gasteiger charge is -2.03. The normalized spacial score (nSPS) is 10.2. The molecular formula is C11H7NO4S2. The van der Waals surface area contributed by atoms with Crippen LogP contribution in [0.15, 0.2) is 44.8 Å². The van der Waals surface area contributed by atoms with Gasteiger partial charge in [-0.05, 0) is 23.6 Å². The lowest BCUT2D eigenvalue weighted by atomic mass is 10.2. The number of aromatic carboxylic acids is 1. The van der Waals surface area contributed by atoms with Gasteiger partial charge in [-0.1, -0.05) is 23.9 Å². The van der Waals surface area contributed by atoms with Crippen LogP contribution in [0.1, 0.15) is 10.4 Å². The molecule has 0 aliphatic heterocycles. The summed E-state index contributed by atoms with van der Waals surface area (Å²) in [6, 6.07) is 7.95. The Morgan fingerprint density at radius 2 is 2.11 bits per heavy atom. The van der Waals surface area contributed by atoms with Crippen molar-refractivity contribution in [3.05, 3.63) is 51.4 Å². The van der Waals surface area contributed by atoms with E-state index in [0.717, 1.165) is 4.21 Å². The van der Waals surface area contributed by atoms with Crippen LogP contribution in [0.3, 0.4) is 0 Å². The zero-order valence-corrected chi connectivity index (χ0v) is 10.5. The standard InChI is InChI=1S/C11H7NO4S2/c13-11(14)7-3-1-4-8(10(7)12(15)16)18-9-5-2-6-17-9/h1-6H,(H,13,14). The smallest absolute Gasteiger partial charge is 0.342 e. The van der Waals surface area contributed by atoms with Crippen molar-refractivity contribution in [1.82, 2.24) is 0 Å². The lowest BCUT2D eigenvalue weighted by Crippen LogP contribution is -2.03. The molecule has 0 spiro atoms. The Bertz CT molecular complexity index is 595. The summed E-state index contributed by atoms with van der Waals surface area (Å²) < 4.78 is 0.876. The third kappa shape index (κ3) is 2.52. The van der Waals surface area contributed by atoms with E-state index in [1.807, 2.05) is 17.5 Å². The predicted molar refractivity (Wildman–Crippen MR) is 68.5 cm³/mol. The van der Waals surface area contributed by atoms with Crippen LogP contribution in [0, 0.1) is 10.1 Å². The van der Waals surface area contributed by atoms with Crippen molar-refractivity contribution in [2.45, 2.75) is 9.10 Å². The number of carbonyl (C=O) groups is 1. The van der Waals surface area contributed by atoms with E-state index in [1.54, 1.807) is 6.07 Å². The van der Waals surface area contributed by atoms with Crippen LogP contribution in [-0.2, 0) is 0 Å². The maximum absolute atomic E-state index is 11.0. The van der Waals surface area contributed by atoms with Crippen LogP contribution in [0.5, 0.6) is 0 Å². The summed E-state index contributed by atoms with van der Waals surface area (Å²) in [6.07, 6.45) is 0. The maximum Gasteiger partial charge on any atom is 0.342 e. The van der Waals surface area contributed by atoms with Crippen LogP contribution in [0.4, 0.5) is 5.69 Å². The number of nitrogens with zero attached hydrogens (tertiary/aromatic N) is 1. The van der Waals surface area contributed by atoms with Gasteiger partial charge < -0.3 is 5.11 Å². The minimum Gasteiger partial charge on any atom is -0.477 e. The van der Waals surface area contributed by atoms with E-state index in [9.17, 15) is 14.9 Å². The quantitative estimate of drug-likeness (QED) is 0.685. The molecule has 0 atom stereocenters. The fourth-order valence-corrected chi connectivity index (χ4v) is 3.26. The predicted octanol–water partition coefficient (Wildman–Crippen LogP) is 3.51. The molecule has 0 fully saturated rings. The third-order valence-corrected chi connectivity index (χ3v) is 4.20. The first-order chi connectivity index (χ1) is 8.59. The van der Waals surface area contributed by atoms with E-state index in [0.29, 0.717) is 4.90 Å². The fraction of sp³-hybridized carbons (Fsp3) is 0. The highest BCUT2D eigenvalue weighted by molar-refractivity contribution is 8.01. The van der Waals surface area contributed by atoms with Gasteiger partial charge in [0, 0.05) is 0 Å². The summed E-state index contributed by atoms with van der Waals surface area (Å²) in [6.45, 7) is 0. The number of carboxylic acid groups (broad SMARTS) is 1. The lowest BCUT2D eigenvalue weighted by molar-refractivity contribution is -0.388. The first kappa shape index (κ1) is 12.6. The van der Waals surface area contributed by atoms with Crippen molar-refractivity contribution in [2.24, 2.45) is 0 Å². The van der Waals surface area contributed by atoms with Gasteiger partial charge in [0.25, 0.3) is 5.69 Å². The molecule has 1 aromatic carbocycles. The van der Waals surface area contributed by atoms with Gasteiger partial charge >= 0.3 is 5.97 Å². The van der Waals surface area contributed by atoms with E-state index in [1.165, 1.54) is 35.2 Å². The molecule has 7 heteroatoms. The number of thiophene rings is 1. The van der Waals surface area contributed by atoms with Crippen LogP contribution < -0.4 is 0 Å². The number of benzene rings is 1. The molecule has 0 saturated carbocycles. The molecule has 5 nitrogen and oxygen atoms in total. The first-order valence-corrected chi connectivity index (χ1v) is 6.51. The second-order valence-corrected chi connectivity index (χ2v) is 5.54. The van der Waals surface area contributed by atoms with Crippen molar-refractivity contribution in [3.8, 4) is 0 Å². The van der Waals surface area contributed by atoms with E-state index in [-0.39, 0.29) is 11.3 Å². The second-order valence-electron chi connectivity index (χ2n) is 3.25. The molecule has 0 bridgehead atoms. The molecule has 1 aromatic heterocycles. The minimum absolute atomic E-state index is 0.290. The fourth-order valence-electron chi connectivity index (χ4n) is 1.40. The molecule has 0 radical (unpaired) electrons. The van der Waals surface area contributed by atoms with Crippen LogP contribution >= 0.6 is 23.1 Å². The van der Waals surface area contributed by atoms with Gasteiger partial charge in [0.05, 0.1) is 14.0 Å². The number of carboxylic acids is 1. The van der Waals surface area contributed by atoms with E-state index >= 15 is 0 Å². The highest BCUT2D eigenvalue weighted by Crippen LogP contribution is 2.38. The van der Waals surface area contributed by atoms with Crippen molar-refractivity contribution in [2.75, 3.05) is 0 Å². The molecule has 2 rings (SSSR count). The van der Waals surface area contributed by atoms with Crippen LogP contribution in [0.2, 0.25) is 0 Å². The molecule has 0 aliphatic carbocycles. The van der Waals surface area contributed by atoms with Crippen molar-refractivity contribution in [1.29, 1.82) is 0 Å². The summed E-state index contributed by atoms with van der Waals surface area (Å²) in [5, 5.41) is 21.8. The topological polar surface area (TPSA) is 80.4 Å². The summed E-state index contributed by atoms with van der Waals surface area (Å²) >= 11 is 2.64. The van der Waals surface area contributed by atoms with Gasteiger partial charge in [0.2, 0.25) is 0 Å². The van der Waals surface area contributed by atoms with Gasteiger partial charge in [0.15, 0.2) is 0 Å². The minimum atomic E-state index is -1.30. The van der Waals surface area contributed by atoms with Crippen LogP contribution in [0.25, 0.3) is 0 Å². The molecule has 1 heterocycles. The van der Waals surface area contributed by atoms with Gasteiger partial charge in [-0.3, -0.25) is 10.1 Å². The molecule has 0 amide bonds. The maximum atomic E-state index is 11.0. The molecule has 92 valence electrons. The third-order valence-electron chi connectivity index (χ3n) is 2.12. The Balaban J connectivity index is 2.49. The van der Waals surface area contributed by atoms with Gasteiger partial charge in [-0.15, -0.1) is 11.3 Å². The summed E-state index contributed by atoms with van der Waals surface area (Å²) in [5.41, 5.74) is -0.648. The van der Waals surface area contributed by atoms with Crippen LogP contribution in [-0.4, -0.2) is 16.0 Å². The zero-order chi connectivity index (χ0) is 13.1. The molecule has 18 heavy (non-hydrogen) atoms. The van der Waals surface area contributed by atoms with Gasteiger partial charge in [-0.2, -0.15) is 0 Å². The monoisotopic (exact) mass is 281 g/mol. The van der Waals surface area contributed by atoms with E-state index in [4.69, 9.17) is 5.11 Å². The van der Waals surface area contributed by atoms with Crippen molar-refractivity contribution >= 4 is 34.8 Å². The number of hydrogen-bond donors (Lipinski definition) is 1. The molecular weight excluding hydrogens is 274 g/mol. The van der Waals surface area contributed by atoms with E-state index in [2.05, 4.69) is 0 Å². The average molecular weight is 281 g/mol. The van der Waals surface area contributed by atoms with Crippen molar-refractivity contribution in [3.63, 3.8) is 0 Å². The molecule has 0 aliphatic rings. The number of nitro groups is 1. The molecule has 0 saturated heterocycles. The number of para-hydroxylation sites is 1. The van der Waals surface area contributed by atoms with E-state index < -0.39 is 10.9 Å². The van der Waals surface area contributed by atoms with Gasteiger partial charge in [-0.25, -0.2) is 4.79 Å². The first-order valence-electron chi connectivity index (χ1n) is 4.81. The Morgan fingerprint density at radius 1 is 1.33 bits per heavy atom. The Hall–Kier alpha value is -1.86. The molecule has 1 N–H and O–H groups in total. The Morgan fingerprint density at radius 3 is 2.67 bits per heavy atom.